The Morgan fingerprint density at radius 2 is 2.00 bits per heavy atom. The molecular formula is C9H6N2OS. The molecule has 1 aromatic carbocycles. The van der Waals surface area contributed by atoms with Crippen molar-refractivity contribution >= 4 is 23.3 Å². The van der Waals surface area contributed by atoms with Crippen molar-refractivity contribution in [3.8, 4) is 5.75 Å². The highest BCUT2D eigenvalue weighted by Crippen LogP contribution is 2.20. The standard InChI is InChI=1S/C9H6N2OS/c13-9-6-5-7-3-1-2-4-8(7)12-11-10-9/h1-6H/b6-5-,11-10?. The maximum atomic E-state index is 5.02. The zero-order chi connectivity index (χ0) is 9.10. The Bertz CT molecular complexity index is 398. The summed E-state index contributed by atoms with van der Waals surface area (Å²) in [5.74, 6) is 0.685. The minimum atomic E-state index is 0.412. The average Bonchev–Trinajstić information content (AvgIpc) is 2.13. The zero-order valence-corrected chi connectivity index (χ0v) is 7.49. The van der Waals surface area contributed by atoms with Crippen LogP contribution in [0, 0.1) is 0 Å². The van der Waals surface area contributed by atoms with Crippen molar-refractivity contribution in [3.05, 3.63) is 35.9 Å². The third kappa shape index (κ3) is 1.78. The highest BCUT2D eigenvalue weighted by molar-refractivity contribution is 7.80. The summed E-state index contributed by atoms with van der Waals surface area (Å²) in [5, 5.41) is 7.12. The van der Waals surface area contributed by atoms with Gasteiger partial charge >= 0.3 is 0 Å². The minimum Gasteiger partial charge on any atom is -0.339 e. The molecule has 0 amide bonds. The molecule has 0 N–H and O–H groups in total. The van der Waals surface area contributed by atoms with Gasteiger partial charge in [-0.25, -0.2) is 0 Å². The summed E-state index contributed by atoms with van der Waals surface area (Å²) in [7, 11) is 0. The molecule has 64 valence electrons. The van der Waals surface area contributed by atoms with Gasteiger partial charge in [-0.3, -0.25) is 0 Å². The summed E-state index contributed by atoms with van der Waals surface area (Å²) >= 11 is 4.85. The molecule has 0 spiro atoms. The van der Waals surface area contributed by atoms with Crippen LogP contribution in [-0.2, 0) is 0 Å². The lowest BCUT2D eigenvalue weighted by molar-refractivity contribution is 0.314. The Labute approximate surface area is 80.7 Å². The molecule has 0 saturated heterocycles. The highest BCUT2D eigenvalue weighted by atomic mass is 32.1. The van der Waals surface area contributed by atoms with E-state index in [9.17, 15) is 0 Å². The number of para-hydroxylation sites is 1. The predicted molar refractivity (Wildman–Crippen MR) is 53.6 cm³/mol. The molecule has 0 aliphatic carbocycles. The smallest absolute Gasteiger partial charge is 0.167 e. The summed E-state index contributed by atoms with van der Waals surface area (Å²) < 4.78 is 0. The van der Waals surface area contributed by atoms with Gasteiger partial charge in [0.2, 0.25) is 0 Å². The topological polar surface area (TPSA) is 34.0 Å². The van der Waals surface area contributed by atoms with E-state index in [-0.39, 0.29) is 0 Å². The van der Waals surface area contributed by atoms with Crippen LogP contribution in [-0.4, -0.2) is 4.99 Å². The monoisotopic (exact) mass is 190 g/mol. The number of fused-ring (bicyclic) bond motifs is 1. The lowest BCUT2D eigenvalue weighted by atomic mass is 10.2. The van der Waals surface area contributed by atoms with Gasteiger partial charge in [-0.05, 0) is 18.2 Å². The number of benzene rings is 1. The van der Waals surface area contributed by atoms with E-state index in [1.807, 2.05) is 30.3 Å². The number of rotatable bonds is 0. The number of thiocarbonyl (C=S) groups is 1. The van der Waals surface area contributed by atoms with Gasteiger partial charge in [-0.15, -0.1) is 5.11 Å². The van der Waals surface area contributed by atoms with E-state index >= 15 is 0 Å². The number of hydrogen-bond acceptors (Lipinski definition) is 3. The molecule has 1 aromatic rings. The first-order valence-electron chi connectivity index (χ1n) is 3.75. The lowest BCUT2D eigenvalue weighted by Crippen LogP contribution is -1.91. The van der Waals surface area contributed by atoms with Crippen LogP contribution in [0.4, 0.5) is 0 Å². The second kappa shape index (κ2) is 3.45. The maximum absolute atomic E-state index is 5.02. The van der Waals surface area contributed by atoms with Crippen LogP contribution in [0.15, 0.2) is 40.7 Å². The third-order valence-corrected chi connectivity index (χ3v) is 1.82. The fraction of sp³-hybridized carbons (Fsp3) is 0. The molecule has 0 bridgehead atoms. The van der Waals surface area contributed by atoms with E-state index in [1.54, 1.807) is 6.08 Å². The Morgan fingerprint density at radius 1 is 1.15 bits per heavy atom. The molecule has 4 heteroatoms. The zero-order valence-electron chi connectivity index (χ0n) is 6.68. The molecule has 2 rings (SSSR count). The van der Waals surface area contributed by atoms with Crippen molar-refractivity contribution in [1.82, 2.24) is 0 Å². The van der Waals surface area contributed by atoms with Gasteiger partial charge in [0.15, 0.2) is 10.7 Å². The molecule has 1 aliphatic rings. The van der Waals surface area contributed by atoms with Gasteiger partial charge in [0.25, 0.3) is 0 Å². The van der Waals surface area contributed by atoms with Gasteiger partial charge in [-0.1, -0.05) is 30.4 Å². The Balaban J connectivity index is 2.47. The quantitative estimate of drug-likeness (QED) is 0.589. The molecule has 0 atom stereocenters. The van der Waals surface area contributed by atoms with Crippen molar-refractivity contribution in [1.29, 1.82) is 0 Å². The Morgan fingerprint density at radius 3 is 2.92 bits per heavy atom. The Kier molecular flexibility index (Phi) is 2.14. The summed E-state index contributed by atoms with van der Waals surface area (Å²) in [6.07, 6.45) is 3.58. The van der Waals surface area contributed by atoms with Crippen LogP contribution >= 0.6 is 12.2 Å². The molecule has 0 fully saturated rings. The van der Waals surface area contributed by atoms with Gasteiger partial charge in [0.1, 0.15) is 0 Å². The first-order valence-corrected chi connectivity index (χ1v) is 4.16. The maximum Gasteiger partial charge on any atom is 0.167 e. The average molecular weight is 190 g/mol. The van der Waals surface area contributed by atoms with Crippen LogP contribution < -0.4 is 4.84 Å². The van der Waals surface area contributed by atoms with E-state index in [2.05, 4.69) is 10.4 Å². The fourth-order valence-electron chi connectivity index (χ4n) is 1.00. The van der Waals surface area contributed by atoms with Crippen LogP contribution in [0.25, 0.3) is 6.08 Å². The second-order valence-electron chi connectivity index (χ2n) is 2.48. The molecule has 0 aromatic heterocycles. The van der Waals surface area contributed by atoms with Gasteiger partial charge in [-0.2, -0.15) is 0 Å². The molecular weight excluding hydrogens is 184 g/mol. The normalized spacial score (nSPS) is 16.8. The van der Waals surface area contributed by atoms with E-state index in [1.165, 1.54) is 0 Å². The molecule has 0 unspecified atom stereocenters. The van der Waals surface area contributed by atoms with E-state index in [0.29, 0.717) is 10.7 Å². The van der Waals surface area contributed by atoms with E-state index in [0.717, 1.165) is 5.56 Å². The molecule has 0 saturated carbocycles. The summed E-state index contributed by atoms with van der Waals surface area (Å²) in [6, 6.07) is 7.55. The largest absolute Gasteiger partial charge is 0.339 e. The summed E-state index contributed by atoms with van der Waals surface area (Å²) in [6.45, 7) is 0. The van der Waals surface area contributed by atoms with Crippen molar-refractivity contribution in [3.63, 3.8) is 0 Å². The van der Waals surface area contributed by atoms with Gasteiger partial charge < -0.3 is 4.84 Å². The third-order valence-electron chi connectivity index (χ3n) is 1.60. The Hall–Kier alpha value is -1.55. The number of nitrogens with zero attached hydrogens (tertiary/aromatic N) is 2. The van der Waals surface area contributed by atoms with Crippen molar-refractivity contribution in [2.75, 3.05) is 0 Å². The van der Waals surface area contributed by atoms with Crippen molar-refractivity contribution < 1.29 is 4.84 Å². The van der Waals surface area contributed by atoms with Gasteiger partial charge in [0, 0.05) is 10.8 Å². The van der Waals surface area contributed by atoms with Crippen molar-refractivity contribution in [2.45, 2.75) is 0 Å². The van der Waals surface area contributed by atoms with Crippen LogP contribution in [0.3, 0.4) is 0 Å². The van der Waals surface area contributed by atoms with E-state index < -0.39 is 0 Å². The molecule has 3 nitrogen and oxygen atoms in total. The molecule has 1 aliphatic heterocycles. The molecule has 13 heavy (non-hydrogen) atoms. The first kappa shape index (κ1) is 8.07. The van der Waals surface area contributed by atoms with E-state index in [4.69, 9.17) is 17.1 Å². The van der Waals surface area contributed by atoms with Gasteiger partial charge in [0.05, 0.1) is 0 Å². The lowest BCUT2D eigenvalue weighted by Gasteiger charge is -2.03. The number of hydrogen-bond donors (Lipinski definition) is 0. The predicted octanol–water partition coefficient (Wildman–Crippen LogP) is 2.79. The van der Waals surface area contributed by atoms with Crippen LogP contribution in [0.5, 0.6) is 5.75 Å². The highest BCUT2D eigenvalue weighted by Gasteiger charge is 2.01. The molecule has 0 radical (unpaired) electrons. The van der Waals surface area contributed by atoms with Crippen molar-refractivity contribution in [2.24, 2.45) is 10.4 Å². The second-order valence-corrected chi connectivity index (χ2v) is 2.90. The molecule has 1 heterocycles. The van der Waals surface area contributed by atoms with Crippen LogP contribution in [0.1, 0.15) is 5.56 Å². The summed E-state index contributed by atoms with van der Waals surface area (Å²) in [5.41, 5.74) is 0.948. The van der Waals surface area contributed by atoms with Crippen LogP contribution in [0.2, 0.25) is 0 Å². The minimum absolute atomic E-state index is 0.412. The SMILES string of the molecule is S=C1/C=C\c2ccccc2ON=N1. The first-order chi connectivity index (χ1) is 6.36. The fourth-order valence-corrected chi connectivity index (χ4v) is 1.10. The summed E-state index contributed by atoms with van der Waals surface area (Å²) in [4.78, 5) is 5.43.